The number of pyridine rings is 1. The zero-order chi connectivity index (χ0) is 14.2. The van der Waals surface area contributed by atoms with Crippen LogP contribution in [0.15, 0.2) is 48.5 Å². The number of nitrogens with zero attached hydrogens (tertiary/aromatic N) is 2. The van der Waals surface area contributed by atoms with Crippen LogP contribution in [0.1, 0.15) is 23.4 Å². The second kappa shape index (κ2) is 7.78. The molecule has 0 fully saturated rings. The van der Waals surface area contributed by atoms with Gasteiger partial charge >= 0.3 is 0 Å². The van der Waals surface area contributed by atoms with Crippen molar-refractivity contribution in [3.8, 4) is 0 Å². The Morgan fingerprint density at radius 1 is 1.00 bits per heavy atom. The van der Waals surface area contributed by atoms with E-state index in [4.69, 9.17) is 5.73 Å². The van der Waals surface area contributed by atoms with Gasteiger partial charge in [0.25, 0.3) is 0 Å². The number of aryl methyl sites for hydroxylation is 1. The van der Waals surface area contributed by atoms with Gasteiger partial charge in [0.15, 0.2) is 0 Å². The summed E-state index contributed by atoms with van der Waals surface area (Å²) in [7, 11) is 0. The summed E-state index contributed by atoms with van der Waals surface area (Å²) in [6.07, 6.45) is 1.01. The molecule has 106 valence electrons. The van der Waals surface area contributed by atoms with E-state index in [1.54, 1.807) is 0 Å². The molecule has 1 heterocycles. The van der Waals surface area contributed by atoms with Crippen LogP contribution in [0.25, 0.3) is 0 Å². The van der Waals surface area contributed by atoms with Gasteiger partial charge in [-0.15, -0.1) is 0 Å². The molecule has 0 bridgehead atoms. The molecule has 0 saturated heterocycles. The molecule has 0 radical (unpaired) electrons. The number of aromatic nitrogens is 1. The van der Waals surface area contributed by atoms with Gasteiger partial charge in [0.05, 0.1) is 5.69 Å². The zero-order valence-corrected chi connectivity index (χ0v) is 12.1. The maximum atomic E-state index is 5.65. The molecule has 2 aromatic rings. The first-order valence-electron chi connectivity index (χ1n) is 7.17. The van der Waals surface area contributed by atoms with E-state index >= 15 is 0 Å². The Balaban J connectivity index is 2.03. The molecule has 0 aliphatic heterocycles. The second-order valence-corrected chi connectivity index (χ2v) is 5.11. The van der Waals surface area contributed by atoms with Gasteiger partial charge in [-0.2, -0.15) is 0 Å². The van der Waals surface area contributed by atoms with E-state index in [-0.39, 0.29) is 0 Å². The molecule has 0 saturated carbocycles. The summed E-state index contributed by atoms with van der Waals surface area (Å²) in [6, 6.07) is 16.7. The van der Waals surface area contributed by atoms with Crippen LogP contribution in [0.2, 0.25) is 0 Å². The van der Waals surface area contributed by atoms with Crippen LogP contribution in [-0.4, -0.2) is 23.0 Å². The lowest BCUT2D eigenvalue weighted by molar-refractivity contribution is 0.252. The summed E-state index contributed by atoms with van der Waals surface area (Å²) in [5, 5.41) is 0. The van der Waals surface area contributed by atoms with Crippen LogP contribution in [0.3, 0.4) is 0 Å². The van der Waals surface area contributed by atoms with Gasteiger partial charge in [0.1, 0.15) is 0 Å². The van der Waals surface area contributed by atoms with Crippen molar-refractivity contribution in [2.24, 2.45) is 5.73 Å². The molecule has 0 atom stereocenters. The average molecular weight is 269 g/mol. The van der Waals surface area contributed by atoms with E-state index in [1.807, 2.05) is 13.0 Å². The van der Waals surface area contributed by atoms with Gasteiger partial charge in [-0.3, -0.25) is 9.88 Å². The fourth-order valence-electron chi connectivity index (χ4n) is 2.29. The van der Waals surface area contributed by atoms with Crippen LogP contribution in [0.4, 0.5) is 0 Å². The van der Waals surface area contributed by atoms with E-state index in [0.717, 1.165) is 44.0 Å². The van der Waals surface area contributed by atoms with Gasteiger partial charge in [0.2, 0.25) is 0 Å². The standard InChI is InChI=1S/C17H23N3/c1-15-7-5-10-17(19-15)14-20(12-6-11-18)13-16-8-3-2-4-9-16/h2-5,7-10H,6,11-14,18H2,1H3. The molecule has 0 amide bonds. The molecular weight excluding hydrogens is 246 g/mol. The van der Waals surface area contributed by atoms with Gasteiger partial charge in [-0.05, 0) is 37.6 Å². The largest absolute Gasteiger partial charge is 0.330 e. The van der Waals surface area contributed by atoms with Crippen LogP contribution in [0, 0.1) is 6.92 Å². The van der Waals surface area contributed by atoms with Crippen molar-refractivity contribution in [1.29, 1.82) is 0 Å². The van der Waals surface area contributed by atoms with Gasteiger partial charge in [-0.25, -0.2) is 0 Å². The van der Waals surface area contributed by atoms with E-state index in [2.05, 4.69) is 52.3 Å². The molecule has 0 aliphatic rings. The predicted octanol–water partition coefficient (Wildman–Crippen LogP) is 2.74. The van der Waals surface area contributed by atoms with Crippen molar-refractivity contribution in [2.75, 3.05) is 13.1 Å². The minimum absolute atomic E-state index is 0.729. The van der Waals surface area contributed by atoms with Crippen LogP contribution < -0.4 is 5.73 Å². The summed E-state index contributed by atoms with van der Waals surface area (Å²) in [6.45, 7) is 5.57. The normalized spacial score (nSPS) is 10.9. The summed E-state index contributed by atoms with van der Waals surface area (Å²) >= 11 is 0. The van der Waals surface area contributed by atoms with Crippen LogP contribution in [0.5, 0.6) is 0 Å². The first-order valence-corrected chi connectivity index (χ1v) is 7.17. The Bertz CT molecular complexity index is 511. The monoisotopic (exact) mass is 269 g/mol. The molecule has 0 aliphatic carbocycles. The highest BCUT2D eigenvalue weighted by molar-refractivity contribution is 5.15. The highest BCUT2D eigenvalue weighted by atomic mass is 15.1. The van der Waals surface area contributed by atoms with E-state index in [9.17, 15) is 0 Å². The van der Waals surface area contributed by atoms with Crippen molar-refractivity contribution < 1.29 is 0 Å². The van der Waals surface area contributed by atoms with E-state index in [1.165, 1.54) is 5.56 Å². The molecule has 2 rings (SSSR count). The van der Waals surface area contributed by atoms with Gasteiger partial charge in [-0.1, -0.05) is 36.4 Å². The van der Waals surface area contributed by atoms with E-state index in [0.29, 0.717) is 0 Å². The first kappa shape index (κ1) is 14.7. The zero-order valence-electron chi connectivity index (χ0n) is 12.1. The molecule has 1 aromatic heterocycles. The Labute approximate surface area is 121 Å². The highest BCUT2D eigenvalue weighted by Gasteiger charge is 2.07. The summed E-state index contributed by atoms with van der Waals surface area (Å²) < 4.78 is 0. The number of nitrogens with two attached hydrogens (primary N) is 1. The van der Waals surface area contributed by atoms with Crippen LogP contribution >= 0.6 is 0 Å². The molecule has 20 heavy (non-hydrogen) atoms. The number of rotatable bonds is 7. The molecule has 3 heteroatoms. The Hall–Kier alpha value is -1.71. The summed E-state index contributed by atoms with van der Waals surface area (Å²) in [4.78, 5) is 7.00. The molecule has 0 unspecified atom stereocenters. The third kappa shape index (κ3) is 4.76. The van der Waals surface area contributed by atoms with E-state index < -0.39 is 0 Å². The van der Waals surface area contributed by atoms with Crippen molar-refractivity contribution in [3.05, 3.63) is 65.5 Å². The minimum atomic E-state index is 0.729. The molecule has 0 spiro atoms. The smallest absolute Gasteiger partial charge is 0.0547 e. The Morgan fingerprint density at radius 2 is 1.80 bits per heavy atom. The van der Waals surface area contributed by atoms with Crippen molar-refractivity contribution in [1.82, 2.24) is 9.88 Å². The number of hydrogen-bond acceptors (Lipinski definition) is 3. The third-order valence-electron chi connectivity index (χ3n) is 3.26. The lowest BCUT2D eigenvalue weighted by atomic mass is 10.2. The maximum Gasteiger partial charge on any atom is 0.0547 e. The average Bonchev–Trinajstić information content (AvgIpc) is 2.46. The molecule has 2 N–H and O–H groups in total. The van der Waals surface area contributed by atoms with Crippen molar-refractivity contribution >= 4 is 0 Å². The molecule has 1 aromatic carbocycles. The fourth-order valence-corrected chi connectivity index (χ4v) is 2.29. The fraction of sp³-hybridized carbons (Fsp3) is 0.353. The second-order valence-electron chi connectivity index (χ2n) is 5.11. The third-order valence-corrected chi connectivity index (χ3v) is 3.26. The molecule has 3 nitrogen and oxygen atoms in total. The Morgan fingerprint density at radius 3 is 2.50 bits per heavy atom. The van der Waals surface area contributed by atoms with Gasteiger partial charge < -0.3 is 5.73 Å². The summed E-state index contributed by atoms with van der Waals surface area (Å²) in [5.74, 6) is 0. The number of benzene rings is 1. The highest BCUT2D eigenvalue weighted by Crippen LogP contribution is 2.09. The predicted molar refractivity (Wildman–Crippen MR) is 83.2 cm³/mol. The first-order chi connectivity index (χ1) is 9.78. The lowest BCUT2D eigenvalue weighted by Crippen LogP contribution is -2.26. The minimum Gasteiger partial charge on any atom is -0.330 e. The Kier molecular flexibility index (Phi) is 5.71. The summed E-state index contributed by atoms with van der Waals surface area (Å²) in [5.41, 5.74) is 9.17. The maximum absolute atomic E-state index is 5.65. The van der Waals surface area contributed by atoms with Crippen molar-refractivity contribution in [3.63, 3.8) is 0 Å². The quantitative estimate of drug-likeness (QED) is 0.840. The molecular formula is C17H23N3. The van der Waals surface area contributed by atoms with Crippen LogP contribution in [-0.2, 0) is 13.1 Å². The SMILES string of the molecule is Cc1cccc(CN(CCCN)Cc2ccccc2)n1. The number of hydrogen-bond donors (Lipinski definition) is 1. The topological polar surface area (TPSA) is 42.1 Å². The van der Waals surface area contributed by atoms with Crippen molar-refractivity contribution in [2.45, 2.75) is 26.4 Å². The lowest BCUT2D eigenvalue weighted by Gasteiger charge is -2.22. The van der Waals surface area contributed by atoms with Gasteiger partial charge in [0, 0.05) is 25.3 Å².